The third-order valence-corrected chi connectivity index (χ3v) is 4.74. The van der Waals surface area contributed by atoms with E-state index < -0.39 is 6.04 Å². The Bertz CT molecular complexity index is 759. The van der Waals surface area contributed by atoms with Crippen LogP contribution in [0.1, 0.15) is 44.2 Å². The maximum absolute atomic E-state index is 12.9. The Morgan fingerprint density at radius 2 is 1.76 bits per heavy atom. The lowest BCUT2D eigenvalue weighted by molar-refractivity contribution is -0.140. The lowest BCUT2D eigenvalue weighted by Crippen LogP contribution is -2.47. The van der Waals surface area contributed by atoms with Crippen molar-refractivity contribution in [1.29, 1.82) is 0 Å². The number of carbonyl (C=O) groups excluding carboxylic acids is 2. The second kappa shape index (κ2) is 11.9. The molecule has 2 aromatic rings. The van der Waals surface area contributed by atoms with Gasteiger partial charge in [-0.3, -0.25) is 9.59 Å². The highest BCUT2D eigenvalue weighted by atomic mass is 16.5. The molecular formula is C24H32N2O3. The monoisotopic (exact) mass is 396 g/mol. The fraction of sp³-hybridized carbons (Fsp3) is 0.417. The summed E-state index contributed by atoms with van der Waals surface area (Å²) in [5.74, 6) is 0.637. The second-order valence-corrected chi connectivity index (χ2v) is 7.24. The van der Waals surface area contributed by atoms with Crippen LogP contribution in [0.3, 0.4) is 0 Å². The molecule has 0 unspecified atom stereocenters. The molecule has 0 radical (unpaired) electrons. The van der Waals surface area contributed by atoms with Crippen LogP contribution in [-0.2, 0) is 16.1 Å². The molecule has 0 aromatic heterocycles. The number of nitrogens with zero attached hydrogens (tertiary/aromatic N) is 1. The molecule has 156 valence electrons. The number of carbonyl (C=O) groups is 2. The van der Waals surface area contributed by atoms with E-state index in [1.54, 1.807) is 11.8 Å². The first-order chi connectivity index (χ1) is 14.0. The van der Waals surface area contributed by atoms with Crippen LogP contribution in [0.25, 0.3) is 0 Å². The molecule has 0 bridgehead atoms. The lowest BCUT2D eigenvalue weighted by atomic mass is 10.1. The fourth-order valence-electron chi connectivity index (χ4n) is 2.94. The minimum absolute atomic E-state index is 0.0404. The molecule has 2 amide bonds. The average Bonchev–Trinajstić information content (AvgIpc) is 2.74. The molecule has 5 nitrogen and oxygen atoms in total. The summed E-state index contributed by atoms with van der Waals surface area (Å²) in [5.41, 5.74) is 2.18. The highest BCUT2D eigenvalue weighted by Gasteiger charge is 2.25. The Labute approximate surface area is 174 Å². The Hall–Kier alpha value is -2.82. The van der Waals surface area contributed by atoms with Crippen LogP contribution < -0.4 is 10.1 Å². The predicted molar refractivity (Wildman–Crippen MR) is 116 cm³/mol. The average molecular weight is 397 g/mol. The van der Waals surface area contributed by atoms with Crippen LogP contribution in [0, 0.1) is 6.92 Å². The molecule has 1 atom stereocenters. The zero-order valence-corrected chi connectivity index (χ0v) is 17.7. The van der Waals surface area contributed by atoms with Gasteiger partial charge in [0.2, 0.25) is 11.8 Å². The van der Waals surface area contributed by atoms with Gasteiger partial charge in [0.25, 0.3) is 0 Å². The van der Waals surface area contributed by atoms with E-state index in [0.717, 1.165) is 17.7 Å². The van der Waals surface area contributed by atoms with Crippen molar-refractivity contribution in [2.75, 3.05) is 13.2 Å². The summed E-state index contributed by atoms with van der Waals surface area (Å²) >= 11 is 0. The first-order valence-electron chi connectivity index (χ1n) is 10.3. The maximum Gasteiger partial charge on any atom is 0.242 e. The largest absolute Gasteiger partial charge is 0.494 e. The molecular weight excluding hydrogens is 364 g/mol. The van der Waals surface area contributed by atoms with Gasteiger partial charge in [-0.2, -0.15) is 0 Å². The van der Waals surface area contributed by atoms with Crippen LogP contribution >= 0.6 is 0 Å². The third kappa shape index (κ3) is 7.60. The van der Waals surface area contributed by atoms with Crippen molar-refractivity contribution < 1.29 is 14.3 Å². The Balaban J connectivity index is 1.97. The SMILES string of the molecule is CCCNC(=O)[C@@H](C)N(Cc1ccc(C)cc1)C(=O)CCCOc1ccccc1. The third-order valence-electron chi connectivity index (χ3n) is 4.74. The minimum atomic E-state index is -0.523. The normalized spacial score (nSPS) is 11.6. The number of aryl methyl sites for hydroxylation is 1. The Kier molecular flexibility index (Phi) is 9.22. The summed E-state index contributed by atoms with van der Waals surface area (Å²) in [6.07, 6.45) is 1.80. The number of para-hydroxylation sites is 1. The molecule has 0 spiro atoms. The van der Waals surface area contributed by atoms with Crippen molar-refractivity contribution in [3.8, 4) is 5.75 Å². The topological polar surface area (TPSA) is 58.6 Å². The van der Waals surface area contributed by atoms with Gasteiger partial charge in [-0.1, -0.05) is 55.0 Å². The van der Waals surface area contributed by atoms with E-state index in [1.165, 1.54) is 5.56 Å². The van der Waals surface area contributed by atoms with Crippen LogP contribution in [-0.4, -0.2) is 35.9 Å². The Morgan fingerprint density at radius 3 is 2.41 bits per heavy atom. The molecule has 2 rings (SSSR count). The van der Waals surface area contributed by atoms with E-state index in [1.807, 2.05) is 68.4 Å². The van der Waals surface area contributed by atoms with E-state index in [4.69, 9.17) is 4.74 Å². The summed E-state index contributed by atoms with van der Waals surface area (Å²) in [5, 5.41) is 2.89. The maximum atomic E-state index is 12.9. The number of hydrogen-bond donors (Lipinski definition) is 1. The standard InChI is InChI=1S/C24H32N2O3/c1-4-16-25-24(28)20(3)26(18-21-14-12-19(2)13-15-21)23(27)11-8-17-29-22-9-6-5-7-10-22/h5-7,9-10,12-15,20H,4,8,11,16-18H2,1-3H3,(H,25,28)/t20-/m1/s1. The molecule has 1 N–H and O–H groups in total. The first-order valence-corrected chi connectivity index (χ1v) is 10.3. The van der Waals surface area contributed by atoms with Crippen molar-refractivity contribution in [3.63, 3.8) is 0 Å². The zero-order valence-electron chi connectivity index (χ0n) is 17.7. The second-order valence-electron chi connectivity index (χ2n) is 7.24. The number of amides is 2. The number of benzene rings is 2. The number of hydrogen-bond acceptors (Lipinski definition) is 3. The molecule has 29 heavy (non-hydrogen) atoms. The Morgan fingerprint density at radius 1 is 1.07 bits per heavy atom. The van der Waals surface area contributed by atoms with Crippen molar-refractivity contribution in [2.45, 2.75) is 52.6 Å². The zero-order chi connectivity index (χ0) is 21.1. The minimum Gasteiger partial charge on any atom is -0.494 e. The summed E-state index contributed by atoms with van der Waals surface area (Å²) < 4.78 is 5.68. The van der Waals surface area contributed by atoms with Gasteiger partial charge in [0.15, 0.2) is 0 Å². The molecule has 0 fully saturated rings. The number of rotatable bonds is 11. The van der Waals surface area contributed by atoms with E-state index in [0.29, 0.717) is 32.5 Å². The molecule has 0 aliphatic carbocycles. The molecule has 0 heterocycles. The smallest absolute Gasteiger partial charge is 0.242 e. The van der Waals surface area contributed by atoms with Crippen LogP contribution in [0.4, 0.5) is 0 Å². The molecule has 0 saturated carbocycles. The number of nitrogens with one attached hydrogen (secondary N) is 1. The summed E-state index contributed by atoms with van der Waals surface area (Å²) in [6.45, 7) is 7.31. The predicted octanol–water partition coefficient (Wildman–Crippen LogP) is 4.10. The van der Waals surface area contributed by atoms with E-state index >= 15 is 0 Å². The van der Waals surface area contributed by atoms with Gasteiger partial charge in [-0.15, -0.1) is 0 Å². The van der Waals surface area contributed by atoms with Gasteiger partial charge >= 0.3 is 0 Å². The van der Waals surface area contributed by atoms with Gasteiger partial charge in [0, 0.05) is 19.5 Å². The fourth-order valence-corrected chi connectivity index (χ4v) is 2.94. The van der Waals surface area contributed by atoms with Crippen molar-refractivity contribution in [3.05, 3.63) is 65.7 Å². The molecule has 2 aromatic carbocycles. The van der Waals surface area contributed by atoms with E-state index in [-0.39, 0.29) is 11.8 Å². The highest BCUT2D eigenvalue weighted by molar-refractivity contribution is 5.87. The van der Waals surface area contributed by atoms with Crippen LogP contribution in [0.5, 0.6) is 5.75 Å². The summed E-state index contributed by atoms with van der Waals surface area (Å²) in [7, 11) is 0. The van der Waals surface area contributed by atoms with Gasteiger partial charge in [0.1, 0.15) is 11.8 Å². The summed E-state index contributed by atoms with van der Waals surface area (Å²) in [4.78, 5) is 27.1. The van der Waals surface area contributed by atoms with Gasteiger partial charge < -0.3 is 15.0 Å². The lowest BCUT2D eigenvalue weighted by Gasteiger charge is -2.29. The molecule has 5 heteroatoms. The van der Waals surface area contributed by atoms with Crippen molar-refractivity contribution >= 4 is 11.8 Å². The van der Waals surface area contributed by atoms with Gasteiger partial charge in [-0.05, 0) is 44.4 Å². The summed E-state index contributed by atoms with van der Waals surface area (Å²) in [6, 6.07) is 17.1. The quantitative estimate of drug-likeness (QED) is 0.582. The number of ether oxygens (including phenoxy) is 1. The van der Waals surface area contributed by atoms with E-state index in [2.05, 4.69) is 5.32 Å². The van der Waals surface area contributed by atoms with Crippen molar-refractivity contribution in [2.24, 2.45) is 0 Å². The van der Waals surface area contributed by atoms with E-state index in [9.17, 15) is 9.59 Å². The van der Waals surface area contributed by atoms with Gasteiger partial charge in [-0.25, -0.2) is 0 Å². The first kappa shape index (κ1) is 22.5. The molecule has 0 aliphatic heterocycles. The van der Waals surface area contributed by atoms with Crippen LogP contribution in [0.2, 0.25) is 0 Å². The van der Waals surface area contributed by atoms with Crippen LogP contribution in [0.15, 0.2) is 54.6 Å². The molecule has 0 saturated heterocycles. The highest BCUT2D eigenvalue weighted by Crippen LogP contribution is 2.14. The molecule has 0 aliphatic rings. The van der Waals surface area contributed by atoms with Crippen molar-refractivity contribution in [1.82, 2.24) is 10.2 Å². The van der Waals surface area contributed by atoms with Gasteiger partial charge in [0.05, 0.1) is 6.61 Å².